The minimum atomic E-state index is -1.44. The van der Waals surface area contributed by atoms with Gasteiger partial charge in [0.1, 0.15) is 6.04 Å². The Kier molecular flexibility index (Phi) is 4.88. The highest BCUT2D eigenvalue weighted by Crippen LogP contribution is 2.30. The van der Waals surface area contributed by atoms with Crippen LogP contribution in [0, 0.1) is 5.92 Å². The molecule has 3 unspecified atom stereocenters. The summed E-state index contributed by atoms with van der Waals surface area (Å²) in [6.45, 7) is 1.99. The van der Waals surface area contributed by atoms with Gasteiger partial charge in [0.2, 0.25) is 5.91 Å². The van der Waals surface area contributed by atoms with Gasteiger partial charge in [0, 0.05) is 0 Å². The molecule has 0 aliphatic heterocycles. The van der Waals surface area contributed by atoms with Crippen molar-refractivity contribution in [1.82, 2.24) is 5.32 Å². The number of nitrogens with two attached hydrogens (primary N) is 1. The van der Waals surface area contributed by atoms with E-state index in [2.05, 4.69) is 5.32 Å². The van der Waals surface area contributed by atoms with Gasteiger partial charge in [-0.1, -0.05) is 19.8 Å². The van der Waals surface area contributed by atoms with Gasteiger partial charge in [0.25, 0.3) is 0 Å². The van der Waals surface area contributed by atoms with Crippen molar-refractivity contribution in [2.24, 2.45) is 11.7 Å². The van der Waals surface area contributed by atoms with E-state index in [-0.39, 0.29) is 0 Å². The van der Waals surface area contributed by atoms with Crippen LogP contribution in [-0.4, -0.2) is 39.6 Å². The summed E-state index contributed by atoms with van der Waals surface area (Å²) in [6.07, 6.45) is 2.11. The largest absolute Gasteiger partial charge is 0.481 e. The monoisotopic (exact) mass is 272 g/mol. The zero-order chi connectivity index (χ0) is 14.6. The van der Waals surface area contributed by atoms with E-state index in [1.54, 1.807) is 0 Å². The van der Waals surface area contributed by atoms with Crippen LogP contribution in [0.25, 0.3) is 0 Å². The van der Waals surface area contributed by atoms with Crippen molar-refractivity contribution in [3.8, 4) is 0 Å². The zero-order valence-electron chi connectivity index (χ0n) is 10.9. The van der Waals surface area contributed by atoms with Crippen molar-refractivity contribution < 1.29 is 24.6 Å². The number of aliphatic carboxylic acids is 2. The van der Waals surface area contributed by atoms with Gasteiger partial charge in [-0.15, -0.1) is 0 Å². The number of carboxylic acids is 2. The van der Waals surface area contributed by atoms with E-state index in [0.717, 1.165) is 12.8 Å². The van der Waals surface area contributed by atoms with Gasteiger partial charge in [0.05, 0.1) is 12.0 Å². The molecule has 0 aromatic heterocycles. The molecule has 5 N–H and O–H groups in total. The summed E-state index contributed by atoms with van der Waals surface area (Å²) in [5, 5.41) is 19.7. The third-order valence-electron chi connectivity index (χ3n) is 3.47. The Hall–Kier alpha value is -1.63. The second kappa shape index (κ2) is 6.01. The summed E-state index contributed by atoms with van der Waals surface area (Å²) in [5.41, 5.74) is 4.93. The van der Waals surface area contributed by atoms with Gasteiger partial charge < -0.3 is 21.3 Å². The molecular formula is C12H20N2O5. The fourth-order valence-electron chi connectivity index (χ4n) is 2.47. The van der Waals surface area contributed by atoms with Gasteiger partial charge in [0.15, 0.2) is 0 Å². The molecule has 108 valence electrons. The highest BCUT2D eigenvalue weighted by Gasteiger charge is 2.39. The van der Waals surface area contributed by atoms with Gasteiger partial charge in [-0.3, -0.25) is 9.59 Å². The molecular weight excluding hydrogens is 252 g/mol. The van der Waals surface area contributed by atoms with E-state index in [1.807, 2.05) is 6.92 Å². The first kappa shape index (κ1) is 15.4. The minimum absolute atomic E-state index is 0.298. The van der Waals surface area contributed by atoms with E-state index in [0.29, 0.717) is 18.8 Å². The maximum atomic E-state index is 12.1. The second-order valence-corrected chi connectivity index (χ2v) is 5.32. The number of carbonyl (C=O) groups is 3. The van der Waals surface area contributed by atoms with Gasteiger partial charge in [-0.2, -0.15) is 0 Å². The summed E-state index contributed by atoms with van der Waals surface area (Å²) in [7, 11) is 0. The summed E-state index contributed by atoms with van der Waals surface area (Å²) >= 11 is 0. The lowest BCUT2D eigenvalue weighted by molar-refractivity contribution is -0.148. The number of carbonyl (C=O) groups excluding carboxylic acids is 1. The first-order valence-electron chi connectivity index (χ1n) is 6.29. The standard InChI is InChI=1S/C12H20N2O5/c1-7-3-2-4-12(13,6-7)11(19)14-8(10(17)18)5-9(15)16/h7-8H,2-6,13H2,1H3,(H,14,19)(H,15,16)(H,17,18). The van der Waals surface area contributed by atoms with E-state index < -0.39 is 35.8 Å². The predicted octanol–water partition coefficient (Wildman–Crippen LogP) is -0.0619. The molecule has 1 amide bonds. The Labute approximate surface area is 111 Å². The second-order valence-electron chi connectivity index (χ2n) is 5.32. The van der Waals surface area contributed by atoms with Crippen LogP contribution < -0.4 is 11.1 Å². The van der Waals surface area contributed by atoms with Crippen molar-refractivity contribution in [3.63, 3.8) is 0 Å². The predicted molar refractivity (Wildman–Crippen MR) is 66.4 cm³/mol. The third kappa shape index (κ3) is 4.20. The summed E-state index contributed by atoms with van der Waals surface area (Å²) < 4.78 is 0. The summed E-state index contributed by atoms with van der Waals surface area (Å²) in [4.78, 5) is 33.5. The van der Waals surface area contributed by atoms with Crippen LogP contribution in [0.2, 0.25) is 0 Å². The highest BCUT2D eigenvalue weighted by atomic mass is 16.4. The average Bonchev–Trinajstić information content (AvgIpc) is 2.26. The molecule has 1 aliphatic carbocycles. The zero-order valence-corrected chi connectivity index (χ0v) is 10.9. The Bertz CT molecular complexity index is 384. The average molecular weight is 272 g/mol. The molecule has 1 aliphatic rings. The molecule has 0 radical (unpaired) electrons. The fraction of sp³-hybridized carbons (Fsp3) is 0.750. The number of carboxylic acid groups (broad SMARTS) is 2. The lowest BCUT2D eigenvalue weighted by Crippen LogP contribution is -2.59. The molecule has 3 atom stereocenters. The van der Waals surface area contributed by atoms with Crippen LogP contribution in [0.1, 0.15) is 39.0 Å². The van der Waals surface area contributed by atoms with Crippen molar-refractivity contribution in [2.45, 2.75) is 50.6 Å². The number of hydrogen-bond donors (Lipinski definition) is 4. The number of rotatable bonds is 5. The van der Waals surface area contributed by atoms with Crippen molar-refractivity contribution >= 4 is 17.8 Å². The summed E-state index contributed by atoms with van der Waals surface area (Å²) in [5.74, 6) is -2.93. The first-order valence-corrected chi connectivity index (χ1v) is 6.29. The molecule has 0 aromatic carbocycles. The van der Waals surface area contributed by atoms with Crippen molar-refractivity contribution in [2.75, 3.05) is 0 Å². The lowest BCUT2D eigenvalue weighted by Gasteiger charge is -2.35. The van der Waals surface area contributed by atoms with E-state index >= 15 is 0 Å². The molecule has 1 fully saturated rings. The molecule has 0 saturated heterocycles. The first-order chi connectivity index (χ1) is 8.74. The molecule has 7 nitrogen and oxygen atoms in total. The van der Waals surface area contributed by atoms with Crippen LogP contribution in [0.15, 0.2) is 0 Å². The topological polar surface area (TPSA) is 130 Å². The Balaban J connectivity index is 2.70. The maximum Gasteiger partial charge on any atom is 0.326 e. The normalized spacial score (nSPS) is 28.4. The molecule has 7 heteroatoms. The van der Waals surface area contributed by atoms with Crippen molar-refractivity contribution in [1.29, 1.82) is 0 Å². The number of amides is 1. The van der Waals surface area contributed by atoms with E-state index in [9.17, 15) is 14.4 Å². The third-order valence-corrected chi connectivity index (χ3v) is 3.47. The van der Waals surface area contributed by atoms with Gasteiger partial charge >= 0.3 is 11.9 Å². The Morgan fingerprint density at radius 1 is 1.42 bits per heavy atom. The molecule has 0 bridgehead atoms. The van der Waals surface area contributed by atoms with Crippen LogP contribution in [0.5, 0.6) is 0 Å². The maximum absolute atomic E-state index is 12.1. The van der Waals surface area contributed by atoms with Gasteiger partial charge in [-0.25, -0.2) is 4.79 Å². The molecule has 1 rings (SSSR count). The van der Waals surface area contributed by atoms with E-state index in [4.69, 9.17) is 15.9 Å². The van der Waals surface area contributed by atoms with E-state index in [1.165, 1.54) is 0 Å². The molecule has 0 aromatic rings. The Morgan fingerprint density at radius 2 is 2.05 bits per heavy atom. The van der Waals surface area contributed by atoms with Gasteiger partial charge in [-0.05, 0) is 18.8 Å². The number of nitrogens with one attached hydrogen (secondary N) is 1. The van der Waals surface area contributed by atoms with Crippen LogP contribution in [-0.2, 0) is 14.4 Å². The molecule has 0 spiro atoms. The lowest BCUT2D eigenvalue weighted by atomic mass is 9.76. The van der Waals surface area contributed by atoms with Crippen LogP contribution >= 0.6 is 0 Å². The quantitative estimate of drug-likeness (QED) is 0.554. The molecule has 19 heavy (non-hydrogen) atoms. The smallest absolute Gasteiger partial charge is 0.326 e. The Morgan fingerprint density at radius 3 is 2.53 bits per heavy atom. The molecule has 1 saturated carbocycles. The SMILES string of the molecule is CC1CCCC(N)(C(=O)NC(CC(=O)O)C(=O)O)C1. The number of hydrogen-bond acceptors (Lipinski definition) is 4. The van der Waals surface area contributed by atoms with Crippen LogP contribution in [0.3, 0.4) is 0 Å². The minimum Gasteiger partial charge on any atom is -0.481 e. The summed E-state index contributed by atoms with van der Waals surface area (Å²) in [6, 6.07) is -1.44. The fourth-order valence-corrected chi connectivity index (χ4v) is 2.47. The van der Waals surface area contributed by atoms with Crippen molar-refractivity contribution in [3.05, 3.63) is 0 Å². The highest BCUT2D eigenvalue weighted by molar-refractivity contribution is 5.91. The molecule has 0 heterocycles. The van der Waals surface area contributed by atoms with Crippen LogP contribution in [0.4, 0.5) is 0 Å².